The summed E-state index contributed by atoms with van der Waals surface area (Å²) in [4.78, 5) is 4.59. The van der Waals surface area contributed by atoms with Crippen LogP contribution in [-0.2, 0) is 10.0 Å². The highest BCUT2D eigenvalue weighted by molar-refractivity contribution is 7.89. The van der Waals surface area contributed by atoms with Gasteiger partial charge in [-0.3, -0.25) is 4.99 Å². The molecule has 1 aliphatic rings. The van der Waals surface area contributed by atoms with Gasteiger partial charge in [0.05, 0.1) is 18.0 Å². The summed E-state index contributed by atoms with van der Waals surface area (Å²) in [6.07, 6.45) is 0. The Hall–Kier alpha value is -1.85. The Balaban J connectivity index is 2.06. The highest BCUT2D eigenvalue weighted by Gasteiger charge is 2.32. The van der Waals surface area contributed by atoms with Crippen LogP contribution in [0.25, 0.3) is 0 Å². The summed E-state index contributed by atoms with van der Waals surface area (Å²) in [5.74, 6) is 0.486. The first kappa shape index (κ1) is 15.1. The highest BCUT2D eigenvalue weighted by atomic mass is 35.5. The molecule has 0 bridgehead atoms. The van der Waals surface area contributed by atoms with E-state index >= 15 is 0 Å². The number of nitrogens with zero attached hydrogens (tertiary/aromatic N) is 2. The van der Waals surface area contributed by atoms with E-state index in [1.165, 1.54) is 10.4 Å². The molecule has 0 atom stereocenters. The number of aliphatic imine (C=N–C) groups is 1. The Bertz CT molecular complexity index is 832. The van der Waals surface area contributed by atoms with Crippen LogP contribution in [0.4, 0.5) is 0 Å². The first-order valence-electron chi connectivity index (χ1n) is 6.89. The first-order valence-corrected chi connectivity index (χ1v) is 8.71. The molecule has 0 aromatic heterocycles. The zero-order chi connectivity index (χ0) is 15.7. The molecule has 0 radical (unpaired) electrons. The Morgan fingerprint density at radius 1 is 1.14 bits per heavy atom. The van der Waals surface area contributed by atoms with Gasteiger partial charge in [-0.1, -0.05) is 48.0 Å². The minimum Gasteiger partial charge on any atom is -0.265 e. The second-order valence-electron chi connectivity index (χ2n) is 5.06. The molecular formula is C16H15ClN2O2S. The lowest BCUT2D eigenvalue weighted by molar-refractivity contribution is 0.537. The number of halogens is 1. The molecule has 0 spiro atoms. The molecular weight excluding hydrogens is 320 g/mol. The topological polar surface area (TPSA) is 49.7 Å². The Labute approximate surface area is 135 Å². The van der Waals surface area contributed by atoms with Gasteiger partial charge in [0.25, 0.3) is 10.0 Å². The van der Waals surface area contributed by atoms with Crippen LogP contribution in [-0.4, -0.2) is 31.6 Å². The lowest BCUT2D eigenvalue weighted by Crippen LogP contribution is -2.35. The molecule has 0 saturated carbocycles. The van der Waals surface area contributed by atoms with Crippen LogP contribution < -0.4 is 0 Å². The van der Waals surface area contributed by atoms with Crippen molar-refractivity contribution >= 4 is 27.5 Å². The van der Waals surface area contributed by atoms with Gasteiger partial charge in [-0.25, -0.2) is 12.7 Å². The summed E-state index contributed by atoms with van der Waals surface area (Å²) in [6.45, 7) is 2.57. The standard InChI is InChI=1S/C16H15ClN2O2S/c1-12-7-8-14(17)11-15(12)22(20,21)19-10-9-18-16(19)13-5-3-2-4-6-13/h2-8,11H,9-10H2,1H3. The van der Waals surface area contributed by atoms with Gasteiger partial charge >= 0.3 is 0 Å². The van der Waals surface area contributed by atoms with Crippen LogP contribution in [0.5, 0.6) is 0 Å². The van der Waals surface area contributed by atoms with E-state index in [0.29, 0.717) is 29.5 Å². The van der Waals surface area contributed by atoms with Crippen LogP contribution in [0, 0.1) is 6.92 Å². The molecule has 1 heterocycles. The van der Waals surface area contributed by atoms with E-state index in [4.69, 9.17) is 11.6 Å². The van der Waals surface area contributed by atoms with E-state index in [1.807, 2.05) is 30.3 Å². The van der Waals surface area contributed by atoms with Gasteiger partial charge in [0, 0.05) is 10.6 Å². The van der Waals surface area contributed by atoms with Crippen molar-refractivity contribution in [2.75, 3.05) is 13.1 Å². The van der Waals surface area contributed by atoms with Crippen molar-refractivity contribution in [3.63, 3.8) is 0 Å². The maximum atomic E-state index is 13.0. The van der Waals surface area contributed by atoms with Crippen molar-refractivity contribution in [2.24, 2.45) is 4.99 Å². The quantitative estimate of drug-likeness (QED) is 0.866. The first-order chi connectivity index (χ1) is 10.5. The third kappa shape index (κ3) is 2.62. The fraction of sp³-hybridized carbons (Fsp3) is 0.188. The molecule has 0 unspecified atom stereocenters. The largest absolute Gasteiger partial charge is 0.265 e. The smallest absolute Gasteiger partial charge is 0.265 e. The number of aryl methyl sites for hydroxylation is 1. The van der Waals surface area contributed by atoms with Crippen molar-refractivity contribution in [1.82, 2.24) is 4.31 Å². The SMILES string of the molecule is Cc1ccc(Cl)cc1S(=O)(=O)N1CCN=C1c1ccccc1. The molecule has 0 amide bonds. The van der Waals surface area contributed by atoms with Crippen LogP contribution in [0.15, 0.2) is 58.4 Å². The average Bonchev–Trinajstić information content (AvgIpc) is 3.01. The number of rotatable bonds is 3. The highest BCUT2D eigenvalue weighted by Crippen LogP contribution is 2.26. The summed E-state index contributed by atoms with van der Waals surface area (Å²) < 4.78 is 27.3. The van der Waals surface area contributed by atoms with Crippen LogP contribution in [0.1, 0.15) is 11.1 Å². The second-order valence-corrected chi connectivity index (χ2v) is 7.33. The molecule has 6 heteroatoms. The van der Waals surface area contributed by atoms with E-state index in [0.717, 1.165) is 5.56 Å². The maximum absolute atomic E-state index is 13.0. The van der Waals surface area contributed by atoms with Gasteiger partial charge in [-0.05, 0) is 24.6 Å². The van der Waals surface area contributed by atoms with Gasteiger partial charge in [-0.2, -0.15) is 0 Å². The van der Waals surface area contributed by atoms with Crippen molar-refractivity contribution < 1.29 is 8.42 Å². The van der Waals surface area contributed by atoms with Crippen molar-refractivity contribution in [3.8, 4) is 0 Å². The van der Waals surface area contributed by atoms with Crippen LogP contribution >= 0.6 is 11.6 Å². The third-order valence-corrected chi connectivity index (χ3v) is 5.72. The fourth-order valence-corrected chi connectivity index (χ4v) is 4.40. The van der Waals surface area contributed by atoms with E-state index in [-0.39, 0.29) is 4.90 Å². The lowest BCUT2D eigenvalue weighted by Gasteiger charge is -2.21. The summed E-state index contributed by atoms with van der Waals surface area (Å²) in [5, 5.41) is 0.404. The third-order valence-electron chi connectivity index (χ3n) is 3.55. The van der Waals surface area contributed by atoms with Crippen molar-refractivity contribution in [1.29, 1.82) is 0 Å². The molecule has 0 fully saturated rings. The molecule has 1 aliphatic heterocycles. The normalized spacial score (nSPS) is 15.0. The molecule has 0 N–H and O–H groups in total. The van der Waals surface area contributed by atoms with Crippen molar-refractivity contribution in [2.45, 2.75) is 11.8 Å². The number of sulfonamides is 1. The zero-order valence-electron chi connectivity index (χ0n) is 12.0. The summed E-state index contributed by atoms with van der Waals surface area (Å²) >= 11 is 5.97. The Morgan fingerprint density at radius 2 is 1.86 bits per heavy atom. The van der Waals surface area contributed by atoms with E-state index in [2.05, 4.69) is 4.99 Å². The molecule has 0 aliphatic carbocycles. The van der Waals surface area contributed by atoms with Gasteiger partial charge in [-0.15, -0.1) is 0 Å². The Kier molecular flexibility index (Phi) is 3.93. The zero-order valence-corrected chi connectivity index (χ0v) is 13.6. The van der Waals surface area contributed by atoms with Gasteiger partial charge < -0.3 is 0 Å². The van der Waals surface area contributed by atoms with Crippen LogP contribution in [0.2, 0.25) is 5.02 Å². The fourth-order valence-electron chi connectivity index (χ4n) is 2.46. The number of amidine groups is 1. The summed E-state index contributed by atoms with van der Waals surface area (Å²) in [6, 6.07) is 14.2. The van der Waals surface area contributed by atoms with E-state index < -0.39 is 10.0 Å². The average molecular weight is 335 g/mol. The van der Waals surface area contributed by atoms with Gasteiger partial charge in [0.2, 0.25) is 0 Å². The number of hydrogen-bond donors (Lipinski definition) is 0. The van der Waals surface area contributed by atoms with Crippen LogP contribution in [0.3, 0.4) is 0 Å². The van der Waals surface area contributed by atoms with E-state index in [1.54, 1.807) is 19.1 Å². The number of hydrogen-bond acceptors (Lipinski definition) is 3. The molecule has 22 heavy (non-hydrogen) atoms. The van der Waals surface area contributed by atoms with Gasteiger partial charge in [0.15, 0.2) is 0 Å². The minimum atomic E-state index is -3.67. The summed E-state index contributed by atoms with van der Waals surface area (Å²) in [5.41, 5.74) is 1.46. The summed E-state index contributed by atoms with van der Waals surface area (Å²) in [7, 11) is -3.67. The minimum absolute atomic E-state index is 0.227. The molecule has 4 nitrogen and oxygen atoms in total. The lowest BCUT2D eigenvalue weighted by atomic mass is 10.2. The predicted octanol–water partition coefficient (Wildman–Crippen LogP) is 3.10. The molecule has 2 aromatic rings. The second kappa shape index (κ2) is 5.74. The molecule has 0 saturated heterocycles. The maximum Gasteiger partial charge on any atom is 0.265 e. The predicted molar refractivity (Wildman–Crippen MR) is 87.9 cm³/mol. The molecule has 2 aromatic carbocycles. The number of benzene rings is 2. The molecule has 3 rings (SSSR count). The van der Waals surface area contributed by atoms with Crippen molar-refractivity contribution in [3.05, 3.63) is 64.7 Å². The molecule has 114 valence electrons. The van der Waals surface area contributed by atoms with Gasteiger partial charge in [0.1, 0.15) is 5.84 Å². The van der Waals surface area contributed by atoms with E-state index in [9.17, 15) is 8.42 Å². The monoisotopic (exact) mass is 334 g/mol. The Morgan fingerprint density at radius 3 is 2.59 bits per heavy atom.